The summed E-state index contributed by atoms with van der Waals surface area (Å²) < 4.78 is 23.0. The van der Waals surface area contributed by atoms with Crippen LogP contribution in [0.3, 0.4) is 0 Å². The second kappa shape index (κ2) is 20.5. The molecule has 3 fully saturated rings. The first-order valence-electron chi connectivity index (χ1n) is 19.4. The van der Waals surface area contributed by atoms with Crippen molar-refractivity contribution in [1.82, 2.24) is 0 Å². The van der Waals surface area contributed by atoms with Gasteiger partial charge in [-0.15, -0.1) is 0 Å². The van der Waals surface area contributed by atoms with Crippen LogP contribution in [0.25, 0.3) is 0 Å². The first-order valence-corrected chi connectivity index (χ1v) is 19.4. The monoisotopic (exact) mass is 701 g/mol. The average molecular weight is 702 g/mol. The summed E-state index contributed by atoms with van der Waals surface area (Å²) in [7, 11) is 0. The highest BCUT2D eigenvalue weighted by Gasteiger charge is 2.43. The van der Waals surface area contributed by atoms with Gasteiger partial charge in [0.25, 0.3) is 0 Å². The number of hydrogen-bond acceptors (Lipinski definition) is 8. The summed E-state index contributed by atoms with van der Waals surface area (Å²) in [5.74, 6) is 0.565. The zero-order valence-corrected chi connectivity index (χ0v) is 31.8. The molecule has 3 aliphatic heterocycles. The fourth-order valence-electron chi connectivity index (χ4n) is 7.60. The maximum Gasteiger partial charge on any atom is 0.311 e. The van der Waals surface area contributed by atoms with Gasteiger partial charge in [0.2, 0.25) is 5.91 Å². The maximum atomic E-state index is 12.9. The first kappa shape index (κ1) is 41.9. The molecule has 3 N–H and O–H groups in total. The molecule has 3 saturated heterocycles. The number of aliphatic hydroxyl groups excluding tert-OH is 1. The van der Waals surface area contributed by atoms with E-state index in [1.165, 1.54) is 36.8 Å². The molecule has 9 heteroatoms. The number of aliphatic hydroxyl groups is 1. The van der Waals surface area contributed by atoms with Crippen LogP contribution in [0.1, 0.15) is 131 Å². The quantitative estimate of drug-likeness (QED) is 0.176. The number of primary amides is 1. The van der Waals surface area contributed by atoms with Gasteiger partial charge in [-0.3, -0.25) is 14.4 Å². The van der Waals surface area contributed by atoms with Crippen LogP contribution in [-0.2, 0) is 33.3 Å². The van der Waals surface area contributed by atoms with Crippen LogP contribution in [0.4, 0.5) is 0 Å². The Morgan fingerprint density at radius 2 is 1.66 bits per heavy atom. The van der Waals surface area contributed by atoms with Gasteiger partial charge < -0.3 is 29.8 Å². The predicted molar refractivity (Wildman–Crippen MR) is 196 cm³/mol. The zero-order valence-electron chi connectivity index (χ0n) is 31.8. The van der Waals surface area contributed by atoms with E-state index in [0.29, 0.717) is 30.6 Å². The van der Waals surface area contributed by atoms with E-state index in [-0.39, 0.29) is 54.6 Å². The van der Waals surface area contributed by atoms with Crippen molar-refractivity contribution in [1.29, 1.82) is 0 Å². The summed E-state index contributed by atoms with van der Waals surface area (Å²) >= 11 is 0. The van der Waals surface area contributed by atoms with Gasteiger partial charge in [-0.25, -0.2) is 0 Å². The Morgan fingerprint density at radius 3 is 2.16 bits per heavy atom. The van der Waals surface area contributed by atoms with Crippen LogP contribution in [0.5, 0.6) is 0 Å². The molecule has 0 bridgehead atoms. The van der Waals surface area contributed by atoms with Crippen LogP contribution in [0, 0.1) is 29.1 Å². The molecule has 0 aromatic rings. The summed E-state index contributed by atoms with van der Waals surface area (Å²) in [6.07, 6.45) is 18.8. The number of carbonyl (C=O) groups is 3. The number of fused-ring (bicyclic) bond motifs is 1. The Kier molecular flexibility index (Phi) is 17.2. The maximum absolute atomic E-state index is 12.9. The van der Waals surface area contributed by atoms with Crippen LogP contribution >= 0.6 is 0 Å². The van der Waals surface area contributed by atoms with Gasteiger partial charge in [-0.1, -0.05) is 52.5 Å². The molecule has 5 rings (SSSR count). The fraction of sp³-hybridized carbons (Fsp3) is 0.780. The van der Waals surface area contributed by atoms with Gasteiger partial charge in [0, 0.05) is 32.0 Å². The summed E-state index contributed by atoms with van der Waals surface area (Å²) in [4.78, 5) is 34.4. The third-order valence-corrected chi connectivity index (χ3v) is 11.0. The lowest BCUT2D eigenvalue weighted by molar-refractivity contribution is -0.166. The molecule has 1 amide bonds. The Hall–Kier alpha value is -2.49. The lowest BCUT2D eigenvalue weighted by atomic mass is 9.65. The van der Waals surface area contributed by atoms with Crippen molar-refractivity contribution < 1.29 is 38.4 Å². The number of rotatable bonds is 10. The molecule has 0 aromatic heterocycles. The zero-order chi connectivity index (χ0) is 36.8. The highest BCUT2D eigenvalue weighted by molar-refractivity contribution is 5.76. The molecule has 50 heavy (non-hydrogen) atoms. The molecule has 284 valence electrons. The molecule has 2 aliphatic carbocycles. The van der Waals surface area contributed by atoms with Crippen LogP contribution in [-0.4, -0.2) is 66.7 Å². The average Bonchev–Trinajstić information content (AvgIpc) is 3.08. The number of ether oxygens (including phenoxy) is 4. The molecule has 0 aromatic carbocycles. The summed E-state index contributed by atoms with van der Waals surface area (Å²) in [6.45, 7) is 18.2. The van der Waals surface area contributed by atoms with Crippen molar-refractivity contribution in [3.8, 4) is 0 Å². The van der Waals surface area contributed by atoms with Crippen molar-refractivity contribution >= 4 is 17.8 Å². The topological polar surface area (TPSA) is 134 Å². The highest BCUT2D eigenvalue weighted by Crippen LogP contribution is 2.45. The predicted octanol–water partition coefficient (Wildman–Crippen LogP) is 7.54. The fourth-order valence-corrected chi connectivity index (χ4v) is 7.60. The molecule has 2 unspecified atom stereocenters. The third-order valence-electron chi connectivity index (χ3n) is 11.0. The van der Waals surface area contributed by atoms with E-state index >= 15 is 0 Å². The van der Waals surface area contributed by atoms with Gasteiger partial charge >= 0.3 is 11.9 Å². The number of cyclic esters (lactones) is 1. The Balaban J connectivity index is 0.000000277. The molecule has 3 heterocycles. The normalized spacial score (nSPS) is 32.4. The molecular formula is C41H67NO8. The molecule has 0 saturated carbocycles. The van der Waals surface area contributed by atoms with E-state index in [9.17, 15) is 19.5 Å². The third kappa shape index (κ3) is 12.9. The second-order valence-electron chi connectivity index (χ2n) is 15.8. The second-order valence-corrected chi connectivity index (χ2v) is 15.8. The van der Waals surface area contributed by atoms with Gasteiger partial charge in [0.15, 0.2) is 0 Å². The van der Waals surface area contributed by atoms with E-state index in [1.807, 2.05) is 27.7 Å². The Bertz CT molecular complexity index is 1150. The number of carbonyl (C=O) groups excluding carboxylic acids is 3. The van der Waals surface area contributed by atoms with Crippen molar-refractivity contribution in [2.75, 3.05) is 13.2 Å². The van der Waals surface area contributed by atoms with Crippen molar-refractivity contribution in [2.24, 2.45) is 34.8 Å². The SMILES string of the molecule is C=C(C1CCCCO1)C1CCCCO1.CCC(C)(C)C(=O)O[C@@H]1C[C@H](C)C=C2C=C[C@@H](C)[C@@H](CC[C@@H]3C[C@H](O)CC(=O)O3)[C@@H]21.CCCC(N)=O. The summed E-state index contributed by atoms with van der Waals surface area (Å²) in [6, 6.07) is 0. The smallest absolute Gasteiger partial charge is 0.311 e. The number of allylic oxidation sites excluding steroid dienone is 3. The lowest BCUT2D eigenvalue weighted by Crippen LogP contribution is -2.43. The molecule has 9 nitrogen and oxygen atoms in total. The summed E-state index contributed by atoms with van der Waals surface area (Å²) in [5, 5.41) is 9.92. The lowest BCUT2D eigenvalue weighted by Gasteiger charge is -2.44. The van der Waals surface area contributed by atoms with E-state index < -0.39 is 11.5 Å². The molecule has 0 spiro atoms. The van der Waals surface area contributed by atoms with E-state index in [1.54, 1.807) is 0 Å². The number of esters is 2. The van der Waals surface area contributed by atoms with Gasteiger partial charge in [0.05, 0.1) is 30.1 Å². The van der Waals surface area contributed by atoms with E-state index in [0.717, 1.165) is 58.2 Å². The molecular weight excluding hydrogens is 634 g/mol. The van der Waals surface area contributed by atoms with E-state index in [4.69, 9.17) is 24.7 Å². The number of amides is 1. The van der Waals surface area contributed by atoms with Crippen LogP contribution in [0.2, 0.25) is 0 Å². The molecule has 0 radical (unpaired) electrons. The van der Waals surface area contributed by atoms with Gasteiger partial charge in [-0.05, 0) is 113 Å². The minimum Gasteiger partial charge on any atom is -0.462 e. The van der Waals surface area contributed by atoms with Gasteiger partial charge in [0.1, 0.15) is 12.2 Å². The Morgan fingerprint density at radius 1 is 1.02 bits per heavy atom. The van der Waals surface area contributed by atoms with Crippen LogP contribution in [0.15, 0.2) is 36.0 Å². The highest BCUT2D eigenvalue weighted by atomic mass is 16.6. The standard InChI is InChI=1S/C25H38O5.C12H20O2.C4H9NO/c1-6-25(4,5)24(28)30-21-12-15(2)11-17-8-7-16(3)20(23(17)21)10-9-19-13-18(26)14-22(27)29-19;1-10(11-6-2-4-8-13-11)12-7-3-5-9-14-12;1-2-3-4(5)6/h7-8,11,15-16,18-21,23,26H,6,9-10,12-14H2,1-5H3;11-12H,1-9H2;2-3H2,1H3,(H2,5,6)/t15-,16-,18+,19-,20-,21-,23-;;/m1../s1. The molecule has 5 aliphatic rings. The minimum absolute atomic E-state index is 0.0949. The van der Waals surface area contributed by atoms with Crippen LogP contribution < -0.4 is 5.73 Å². The largest absolute Gasteiger partial charge is 0.462 e. The number of hydrogen-bond donors (Lipinski definition) is 2. The Labute approximate surface area is 301 Å². The van der Waals surface area contributed by atoms with Crippen molar-refractivity contribution in [3.05, 3.63) is 36.0 Å². The summed E-state index contributed by atoms with van der Waals surface area (Å²) in [5.41, 5.74) is 6.73. The van der Waals surface area contributed by atoms with Crippen molar-refractivity contribution in [3.63, 3.8) is 0 Å². The van der Waals surface area contributed by atoms with Crippen molar-refractivity contribution in [2.45, 2.75) is 162 Å². The van der Waals surface area contributed by atoms with E-state index in [2.05, 4.69) is 38.7 Å². The number of nitrogens with two attached hydrogens (primary N) is 1. The first-order chi connectivity index (χ1) is 23.7. The molecule has 9 atom stereocenters. The van der Waals surface area contributed by atoms with Gasteiger partial charge in [-0.2, -0.15) is 0 Å². The minimum atomic E-state index is -0.601.